The molecule has 3 rings (SSSR count). The summed E-state index contributed by atoms with van der Waals surface area (Å²) in [5.74, 6) is 1.19. The number of aromatic nitrogens is 2. The molecular weight excluding hydrogens is 296 g/mol. The van der Waals surface area contributed by atoms with E-state index in [-0.39, 0.29) is 5.03 Å². The fraction of sp³-hybridized carbons (Fsp3) is 0.357. The molecule has 106 valence electrons. The highest BCUT2D eigenvalue weighted by atomic mass is 35.7. The Balaban J connectivity index is 1.87. The van der Waals surface area contributed by atoms with E-state index in [4.69, 9.17) is 10.7 Å². The third-order valence-corrected chi connectivity index (χ3v) is 4.95. The highest BCUT2D eigenvalue weighted by Gasteiger charge is 2.27. The number of hydrogen-bond acceptors (Lipinski definition) is 3. The molecule has 0 saturated carbocycles. The molecule has 0 saturated heterocycles. The highest BCUT2D eigenvalue weighted by Crippen LogP contribution is 2.36. The fourth-order valence-corrected chi connectivity index (χ4v) is 3.44. The molecule has 0 amide bonds. The maximum Gasteiger partial charge on any atom is 0.280 e. The van der Waals surface area contributed by atoms with E-state index in [9.17, 15) is 8.42 Å². The molecular formula is C14H15ClN2O2S. The zero-order valence-corrected chi connectivity index (χ0v) is 12.7. The number of aryl methyl sites for hydroxylation is 1. The molecule has 0 aliphatic heterocycles. The minimum atomic E-state index is -3.76. The van der Waals surface area contributed by atoms with E-state index in [1.807, 2.05) is 23.6 Å². The Hall–Kier alpha value is -1.33. The van der Waals surface area contributed by atoms with Crippen molar-refractivity contribution in [2.45, 2.75) is 37.3 Å². The number of benzene rings is 1. The number of imidazole rings is 1. The molecule has 0 N–H and O–H groups in total. The monoisotopic (exact) mass is 310 g/mol. The summed E-state index contributed by atoms with van der Waals surface area (Å²) in [6.45, 7) is 2.71. The van der Waals surface area contributed by atoms with Crippen molar-refractivity contribution in [2.75, 3.05) is 0 Å². The zero-order chi connectivity index (χ0) is 14.3. The molecule has 0 spiro atoms. The van der Waals surface area contributed by atoms with Crippen molar-refractivity contribution in [2.24, 2.45) is 0 Å². The van der Waals surface area contributed by atoms with Gasteiger partial charge in [0.1, 0.15) is 5.82 Å². The summed E-state index contributed by atoms with van der Waals surface area (Å²) in [6, 6.07) is 8.34. The topological polar surface area (TPSA) is 52.0 Å². The molecule has 1 unspecified atom stereocenters. The first-order chi connectivity index (χ1) is 9.49. The fourth-order valence-electron chi connectivity index (χ4n) is 2.75. The van der Waals surface area contributed by atoms with Gasteiger partial charge in [0.05, 0.1) is 0 Å². The van der Waals surface area contributed by atoms with Crippen molar-refractivity contribution in [1.29, 1.82) is 0 Å². The SMILES string of the molecule is CCc1nc(S(=O)(=O)Cl)cn1CC1Cc2ccccc21. The van der Waals surface area contributed by atoms with Crippen molar-refractivity contribution in [3.8, 4) is 0 Å². The van der Waals surface area contributed by atoms with E-state index in [0.717, 1.165) is 18.8 Å². The van der Waals surface area contributed by atoms with Crippen LogP contribution in [0.15, 0.2) is 35.5 Å². The van der Waals surface area contributed by atoms with Crippen LogP contribution < -0.4 is 0 Å². The molecule has 2 aromatic rings. The maximum atomic E-state index is 11.4. The van der Waals surface area contributed by atoms with Gasteiger partial charge >= 0.3 is 0 Å². The second-order valence-electron chi connectivity index (χ2n) is 5.04. The number of fused-ring (bicyclic) bond motifs is 1. The van der Waals surface area contributed by atoms with Crippen LogP contribution in [0.2, 0.25) is 0 Å². The molecule has 1 heterocycles. The van der Waals surface area contributed by atoms with Gasteiger partial charge in [-0.3, -0.25) is 0 Å². The molecule has 1 aromatic heterocycles. The second kappa shape index (κ2) is 4.90. The molecule has 0 radical (unpaired) electrons. The van der Waals surface area contributed by atoms with Crippen LogP contribution in [0.25, 0.3) is 0 Å². The summed E-state index contributed by atoms with van der Waals surface area (Å²) in [5.41, 5.74) is 2.72. The highest BCUT2D eigenvalue weighted by molar-refractivity contribution is 8.13. The predicted molar refractivity (Wildman–Crippen MR) is 77.5 cm³/mol. The zero-order valence-electron chi connectivity index (χ0n) is 11.1. The van der Waals surface area contributed by atoms with Gasteiger partial charge in [0.25, 0.3) is 9.05 Å². The molecule has 4 nitrogen and oxygen atoms in total. The lowest BCUT2D eigenvalue weighted by Gasteiger charge is -2.30. The first-order valence-corrected chi connectivity index (χ1v) is 8.88. The molecule has 20 heavy (non-hydrogen) atoms. The third-order valence-electron chi connectivity index (χ3n) is 3.78. The lowest BCUT2D eigenvalue weighted by atomic mass is 9.77. The van der Waals surface area contributed by atoms with E-state index >= 15 is 0 Å². The van der Waals surface area contributed by atoms with E-state index in [1.54, 1.807) is 6.20 Å². The average molecular weight is 311 g/mol. The third kappa shape index (κ3) is 2.36. The van der Waals surface area contributed by atoms with Crippen molar-refractivity contribution < 1.29 is 8.42 Å². The quantitative estimate of drug-likeness (QED) is 0.816. The normalized spacial score (nSPS) is 17.6. The van der Waals surface area contributed by atoms with Gasteiger partial charge in [-0.1, -0.05) is 31.2 Å². The Morgan fingerprint density at radius 1 is 1.40 bits per heavy atom. The van der Waals surface area contributed by atoms with Crippen LogP contribution in [-0.4, -0.2) is 18.0 Å². The molecule has 6 heteroatoms. The number of hydrogen-bond donors (Lipinski definition) is 0. The van der Waals surface area contributed by atoms with Gasteiger partial charge in [0.2, 0.25) is 0 Å². The Bertz CT molecular complexity index is 752. The Morgan fingerprint density at radius 2 is 2.15 bits per heavy atom. The molecule has 1 atom stereocenters. The standard InChI is InChI=1S/C14H15ClN2O2S/c1-2-13-16-14(20(15,18)19)9-17(13)8-11-7-10-5-3-4-6-12(10)11/h3-6,9,11H,2,7-8H2,1H3. The van der Waals surface area contributed by atoms with Gasteiger partial charge in [-0.15, -0.1) is 0 Å². The van der Waals surface area contributed by atoms with Gasteiger partial charge in [-0.05, 0) is 17.5 Å². The Labute approximate surface area is 122 Å². The largest absolute Gasteiger partial charge is 0.333 e. The van der Waals surface area contributed by atoms with Crippen molar-refractivity contribution in [3.63, 3.8) is 0 Å². The lowest BCUT2D eigenvalue weighted by Crippen LogP contribution is -2.22. The van der Waals surface area contributed by atoms with E-state index < -0.39 is 9.05 Å². The van der Waals surface area contributed by atoms with E-state index in [1.165, 1.54) is 11.1 Å². The first kappa shape index (κ1) is 13.6. The second-order valence-corrected chi connectivity index (χ2v) is 7.55. The van der Waals surface area contributed by atoms with Crippen LogP contribution in [0, 0.1) is 0 Å². The number of nitrogens with zero attached hydrogens (tertiary/aromatic N) is 2. The molecule has 1 aliphatic carbocycles. The van der Waals surface area contributed by atoms with Gasteiger partial charge in [0.15, 0.2) is 5.03 Å². The van der Waals surface area contributed by atoms with Crippen LogP contribution >= 0.6 is 10.7 Å². The van der Waals surface area contributed by atoms with Gasteiger partial charge in [-0.2, -0.15) is 0 Å². The lowest BCUT2D eigenvalue weighted by molar-refractivity contribution is 0.496. The summed E-state index contributed by atoms with van der Waals surface area (Å²) in [6.07, 6.45) is 3.25. The summed E-state index contributed by atoms with van der Waals surface area (Å²) in [5, 5.41) is -0.0522. The van der Waals surface area contributed by atoms with Gasteiger partial charge < -0.3 is 4.57 Å². The smallest absolute Gasteiger partial charge is 0.280 e. The predicted octanol–water partition coefficient (Wildman–Crippen LogP) is 2.71. The molecule has 0 bridgehead atoms. The van der Waals surface area contributed by atoms with Crippen molar-refractivity contribution >= 4 is 19.7 Å². The van der Waals surface area contributed by atoms with Crippen LogP contribution in [-0.2, 0) is 28.4 Å². The number of halogens is 1. The minimum absolute atomic E-state index is 0.0522. The van der Waals surface area contributed by atoms with Gasteiger partial charge in [-0.25, -0.2) is 13.4 Å². The van der Waals surface area contributed by atoms with Crippen molar-refractivity contribution in [1.82, 2.24) is 9.55 Å². The van der Waals surface area contributed by atoms with Gasteiger partial charge in [0, 0.05) is 35.8 Å². The summed E-state index contributed by atoms with van der Waals surface area (Å²) in [4.78, 5) is 4.11. The molecule has 1 aromatic carbocycles. The Kier molecular flexibility index (Phi) is 3.34. The first-order valence-electron chi connectivity index (χ1n) is 6.57. The average Bonchev–Trinajstić information content (AvgIpc) is 2.79. The van der Waals surface area contributed by atoms with Crippen LogP contribution in [0.1, 0.15) is 29.8 Å². The summed E-state index contributed by atoms with van der Waals surface area (Å²) in [7, 11) is 1.60. The van der Waals surface area contributed by atoms with Crippen LogP contribution in [0.4, 0.5) is 0 Å². The number of rotatable bonds is 4. The molecule has 1 aliphatic rings. The summed E-state index contributed by atoms with van der Waals surface area (Å²) < 4.78 is 24.7. The Morgan fingerprint density at radius 3 is 2.80 bits per heavy atom. The molecule has 0 fully saturated rings. The minimum Gasteiger partial charge on any atom is -0.333 e. The van der Waals surface area contributed by atoms with Crippen LogP contribution in [0.3, 0.4) is 0 Å². The van der Waals surface area contributed by atoms with Crippen LogP contribution in [0.5, 0.6) is 0 Å². The van der Waals surface area contributed by atoms with E-state index in [0.29, 0.717) is 12.3 Å². The summed E-state index contributed by atoms with van der Waals surface area (Å²) >= 11 is 0. The van der Waals surface area contributed by atoms with E-state index in [2.05, 4.69) is 17.1 Å². The maximum absolute atomic E-state index is 11.4. The van der Waals surface area contributed by atoms with Crippen molar-refractivity contribution in [3.05, 3.63) is 47.4 Å².